The van der Waals surface area contributed by atoms with E-state index >= 15 is 0 Å². The SMILES string of the molecule is CSC(Cc1ccccc1)N(N=O)C(C)(C)C. The summed E-state index contributed by atoms with van der Waals surface area (Å²) < 4.78 is 0. The molecule has 0 fully saturated rings. The highest BCUT2D eigenvalue weighted by molar-refractivity contribution is 7.99. The molecule has 0 aliphatic carbocycles. The number of benzene rings is 1. The molecule has 0 amide bonds. The Morgan fingerprint density at radius 1 is 1.29 bits per heavy atom. The van der Waals surface area contributed by atoms with E-state index < -0.39 is 0 Å². The summed E-state index contributed by atoms with van der Waals surface area (Å²) in [5.74, 6) is 0. The largest absolute Gasteiger partial charge is 0.242 e. The summed E-state index contributed by atoms with van der Waals surface area (Å²) >= 11 is 1.66. The average molecular weight is 252 g/mol. The number of thioether (sulfide) groups is 1. The third-order valence-corrected chi connectivity index (χ3v) is 3.48. The highest BCUT2D eigenvalue weighted by Crippen LogP contribution is 2.26. The van der Waals surface area contributed by atoms with Crippen molar-refractivity contribution in [2.24, 2.45) is 5.29 Å². The minimum absolute atomic E-state index is 0.0786. The van der Waals surface area contributed by atoms with Crippen LogP contribution in [0, 0.1) is 4.91 Å². The summed E-state index contributed by atoms with van der Waals surface area (Å²) in [6.07, 6.45) is 2.84. The standard InChI is InChI=1S/C13H20N2OS/c1-13(2,3)15(14-16)12(17-4)10-11-8-6-5-7-9-11/h5-9,12H,10H2,1-4H3. The Hall–Kier alpha value is -1.03. The van der Waals surface area contributed by atoms with Crippen LogP contribution in [-0.2, 0) is 6.42 Å². The van der Waals surface area contributed by atoms with Gasteiger partial charge >= 0.3 is 0 Å². The fraction of sp³-hybridized carbons (Fsp3) is 0.538. The lowest BCUT2D eigenvalue weighted by atomic mass is 10.1. The molecule has 3 nitrogen and oxygen atoms in total. The van der Waals surface area contributed by atoms with Crippen molar-refractivity contribution < 1.29 is 0 Å². The molecule has 0 N–H and O–H groups in total. The second kappa shape index (κ2) is 6.05. The molecular weight excluding hydrogens is 232 g/mol. The van der Waals surface area contributed by atoms with E-state index in [0.717, 1.165) is 6.42 Å². The van der Waals surface area contributed by atoms with Crippen LogP contribution < -0.4 is 0 Å². The number of nitroso groups, excluding NO2 is 1. The van der Waals surface area contributed by atoms with Gasteiger partial charge < -0.3 is 0 Å². The minimum Gasteiger partial charge on any atom is -0.242 e. The molecule has 0 saturated heterocycles. The van der Waals surface area contributed by atoms with Crippen LogP contribution >= 0.6 is 11.8 Å². The highest BCUT2D eigenvalue weighted by atomic mass is 32.2. The first-order valence-corrected chi connectivity index (χ1v) is 6.97. The molecule has 0 bridgehead atoms. The van der Waals surface area contributed by atoms with Crippen molar-refractivity contribution in [2.75, 3.05) is 6.26 Å². The van der Waals surface area contributed by atoms with E-state index in [2.05, 4.69) is 17.4 Å². The van der Waals surface area contributed by atoms with Crippen molar-refractivity contribution in [1.29, 1.82) is 0 Å². The van der Waals surface area contributed by atoms with E-state index in [0.29, 0.717) is 0 Å². The van der Waals surface area contributed by atoms with Gasteiger partial charge in [0.2, 0.25) is 0 Å². The van der Waals surface area contributed by atoms with Gasteiger partial charge in [0.05, 0.1) is 16.2 Å². The van der Waals surface area contributed by atoms with Gasteiger partial charge in [-0.05, 0) is 32.6 Å². The van der Waals surface area contributed by atoms with Crippen molar-refractivity contribution >= 4 is 11.8 Å². The third-order valence-electron chi connectivity index (χ3n) is 2.57. The van der Waals surface area contributed by atoms with Gasteiger partial charge in [0.15, 0.2) is 0 Å². The van der Waals surface area contributed by atoms with E-state index in [-0.39, 0.29) is 10.9 Å². The van der Waals surface area contributed by atoms with Crippen molar-refractivity contribution in [1.82, 2.24) is 5.01 Å². The second-order valence-corrected chi connectivity index (χ2v) is 5.99. The molecule has 0 radical (unpaired) electrons. The number of rotatable bonds is 5. The topological polar surface area (TPSA) is 32.7 Å². The zero-order valence-corrected chi connectivity index (χ0v) is 11.7. The number of hydrogen-bond acceptors (Lipinski definition) is 3. The molecule has 94 valence electrons. The zero-order valence-electron chi connectivity index (χ0n) is 10.9. The first-order chi connectivity index (χ1) is 7.99. The van der Waals surface area contributed by atoms with E-state index in [1.807, 2.05) is 45.2 Å². The average Bonchev–Trinajstić information content (AvgIpc) is 2.28. The summed E-state index contributed by atoms with van der Waals surface area (Å²) in [5, 5.41) is 4.91. The van der Waals surface area contributed by atoms with Gasteiger partial charge in [0, 0.05) is 6.42 Å². The first-order valence-electron chi connectivity index (χ1n) is 5.68. The Kier molecular flexibility index (Phi) is 5.00. The molecule has 0 saturated carbocycles. The molecule has 0 aliphatic rings. The zero-order chi connectivity index (χ0) is 12.9. The molecular formula is C13H20N2OS. The van der Waals surface area contributed by atoms with Gasteiger partial charge in [-0.25, -0.2) is 5.01 Å². The van der Waals surface area contributed by atoms with E-state index in [1.165, 1.54) is 5.56 Å². The fourth-order valence-electron chi connectivity index (χ4n) is 1.69. The summed E-state index contributed by atoms with van der Waals surface area (Å²) in [7, 11) is 0. The van der Waals surface area contributed by atoms with Gasteiger partial charge in [0.25, 0.3) is 0 Å². The summed E-state index contributed by atoms with van der Waals surface area (Å²) in [6, 6.07) is 10.2. The molecule has 4 heteroatoms. The molecule has 0 aromatic heterocycles. The van der Waals surface area contributed by atoms with Crippen molar-refractivity contribution in [3.63, 3.8) is 0 Å². The van der Waals surface area contributed by atoms with Crippen LogP contribution in [0.3, 0.4) is 0 Å². The Labute approximate surface area is 108 Å². The smallest absolute Gasteiger partial charge is 0.0997 e. The summed E-state index contributed by atoms with van der Waals surface area (Å²) in [4.78, 5) is 11.0. The van der Waals surface area contributed by atoms with Crippen LogP contribution in [0.15, 0.2) is 35.6 Å². The third kappa shape index (κ3) is 4.04. The Morgan fingerprint density at radius 2 is 1.88 bits per heavy atom. The molecule has 1 rings (SSSR count). The molecule has 0 heterocycles. The Bertz CT molecular complexity index is 348. The van der Waals surface area contributed by atoms with Crippen LogP contribution in [0.5, 0.6) is 0 Å². The van der Waals surface area contributed by atoms with E-state index in [9.17, 15) is 4.91 Å². The maximum absolute atomic E-state index is 11.0. The fourth-order valence-corrected chi connectivity index (χ4v) is 2.61. The quantitative estimate of drug-likeness (QED) is 0.455. The maximum atomic E-state index is 11.0. The van der Waals surface area contributed by atoms with Gasteiger partial charge in [-0.2, -0.15) is 0 Å². The van der Waals surface area contributed by atoms with Crippen LogP contribution in [0.4, 0.5) is 0 Å². The second-order valence-electron chi connectivity index (χ2n) is 4.98. The predicted octanol–water partition coefficient (Wildman–Crippen LogP) is 3.70. The monoisotopic (exact) mass is 252 g/mol. The van der Waals surface area contributed by atoms with E-state index in [1.54, 1.807) is 16.8 Å². The summed E-state index contributed by atoms with van der Waals surface area (Å²) in [6.45, 7) is 6.01. The molecule has 17 heavy (non-hydrogen) atoms. The molecule has 1 atom stereocenters. The van der Waals surface area contributed by atoms with Crippen LogP contribution in [-0.4, -0.2) is 22.2 Å². The van der Waals surface area contributed by atoms with Crippen LogP contribution in [0.25, 0.3) is 0 Å². The Balaban J connectivity index is 2.81. The van der Waals surface area contributed by atoms with Crippen molar-refractivity contribution in [3.05, 3.63) is 40.8 Å². The van der Waals surface area contributed by atoms with Crippen LogP contribution in [0.1, 0.15) is 26.3 Å². The lowest BCUT2D eigenvalue weighted by Crippen LogP contribution is -2.43. The lowest BCUT2D eigenvalue weighted by Gasteiger charge is -2.35. The molecule has 0 spiro atoms. The van der Waals surface area contributed by atoms with Crippen molar-refractivity contribution in [3.8, 4) is 0 Å². The molecule has 1 aromatic rings. The van der Waals surface area contributed by atoms with Crippen LogP contribution in [0.2, 0.25) is 0 Å². The van der Waals surface area contributed by atoms with Crippen molar-refractivity contribution in [2.45, 2.75) is 38.1 Å². The van der Waals surface area contributed by atoms with E-state index in [4.69, 9.17) is 0 Å². The lowest BCUT2D eigenvalue weighted by molar-refractivity contribution is 0.125. The van der Waals surface area contributed by atoms with Gasteiger partial charge in [-0.3, -0.25) is 0 Å². The minimum atomic E-state index is -0.246. The number of nitrogens with zero attached hydrogens (tertiary/aromatic N) is 2. The Morgan fingerprint density at radius 3 is 2.29 bits per heavy atom. The van der Waals surface area contributed by atoms with Gasteiger partial charge in [-0.15, -0.1) is 16.7 Å². The maximum Gasteiger partial charge on any atom is 0.0997 e. The molecule has 0 aliphatic heterocycles. The number of hydrogen-bond donors (Lipinski definition) is 0. The highest BCUT2D eigenvalue weighted by Gasteiger charge is 2.28. The predicted molar refractivity (Wildman–Crippen MR) is 74.8 cm³/mol. The molecule has 1 unspecified atom stereocenters. The summed E-state index contributed by atoms with van der Waals surface area (Å²) in [5.41, 5.74) is 0.981. The van der Waals surface area contributed by atoms with Gasteiger partial charge in [0.1, 0.15) is 0 Å². The normalized spacial score (nSPS) is 13.2. The van der Waals surface area contributed by atoms with Gasteiger partial charge in [-0.1, -0.05) is 30.3 Å². The first kappa shape index (κ1) is 14.0. The molecule has 1 aromatic carbocycles.